The van der Waals surface area contributed by atoms with E-state index in [2.05, 4.69) is 55.4 Å². The van der Waals surface area contributed by atoms with E-state index in [0.29, 0.717) is 0 Å². The Morgan fingerprint density at radius 3 is 2.42 bits per heavy atom. The highest BCUT2D eigenvalue weighted by Gasteiger charge is 1.98. The van der Waals surface area contributed by atoms with E-state index in [1.165, 1.54) is 11.3 Å². The van der Waals surface area contributed by atoms with E-state index >= 15 is 0 Å². The normalized spacial score (nSPS) is 10.6. The van der Waals surface area contributed by atoms with Crippen molar-refractivity contribution < 1.29 is 0 Å². The molecular weight excluding hydrogens is 146 g/mol. The van der Waals surface area contributed by atoms with Crippen LogP contribution in [-0.4, -0.2) is 14.1 Å². The second-order valence-electron chi connectivity index (χ2n) is 2.95. The van der Waals surface area contributed by atoms with E-state index in [9.17, 15) is 0 Å². The SMILES string of the molecule is C/C=C/c1ccccc1N(C)C. The highest BCUT2D eigenvalue weighted by Crippen LogP contribution is 2.18. The lowest BCUT2D eigenvalue weighted by atomic mass is 10.1. The minimum atomic E-state index is 1.26. The topological polar surface area (TPSA) is 3.24 Å². The van der Waals surface area contributed by atoms with Crippen LogP contribution in [0.1, 0.15) is 12.5 Å². The Hall–Kier alpha value is -1.24. The van der Waals surface area contributed by atoms with Gasteiger partial charge < -0.3 is 4.90 Å². The van der Waals surface area contributed by atoms with Crippen LogP contribution in [0.4, 0.5) is 5.69 Å². The predicted molar refractivity (Wildman–Crippen MR) is 55.5 cm³/mol. The zero-order valence-electron chi connectivity index (χ0n) is 7.91. The van der Waals surface area contributed by atoms with Gasteiger partial charge in [0.1, 0.15) is 0 Å². The zero-order valence-corrected chi connectivity index (χ0v) is 7.91. The molecule has 0 fully saturated rings. The number of benzene rings is 1. The maximum Gasteiger partial charge on any atom is 0.0434 e. The van der Waals surface area contributed by atoms with E-state index in [1.54, 1.807) is 0 Å². The van der Waals surface area contributed by atoms with Crippen LogP contribution < -0.4 is 4.90 Å². The second-order valence-corrected chi connectivity index (χ2v) is 2.95. The van der Waals surface area contributed by atoms with Crippen molar-refractivity contribution in [2.45, 2.75) is 6.92 Å². The first-order valence-corrected chi connectivity index (χ1v) is 4.14. The van der Waals surface area contributed by atoms with Crippen LogP contribution in [0.3, 0.4) is 0 Å². The molecular formula is C11H15N. The fraction of sp³-hybridized carbons (Fsp3) is 0.273. The highest BCUT2D eigenvalue weighted by molar-refractivity contribution is 5.66. The molecule has 12 heavy (non-hydrogen) atoms. The van der Waals surface area contributed by atoms with Gasteiger partial charge in [0.15, 0.2) is 0 Å². The Morgan fingerprint density at radius 1 is 1.17 bits per heavy atom. The summed E-state index contributed by atoms with van der Waals surface area (Å²) in [6.45, 7) is 2.03. The monoisotopic (exact) mass is 161 g/mol. The minimum Gasteiger partial charge on any atom is -0.377 e. The molecule has 0 bridgehead atoms. The van der Waals surface area contributed by atoms with Crippen molar-refractivity contribution in [3.63, 3.8) is 0 Å². The Labute approximate surface area is 74.3 Å². The fourth-order valence-corrected chi connectivity index (χ4v) is 1.22. The third-order valence-electron chi connectivity index (χ3n) is 1.76. The van der Waals surface area contributed by atoms with Crippen LogP contribution in [0, 0.1) is 0 Å². The van der Waals surface area contributed by atoms with Gasteiger partial charge in [0.05, 0.1) is 0 Å². The average Bonchev–Trinajstić information content (AvgIpc) is 2.05. The highest BCUT2D eigenvalue weighted by atomic mass is 15.1. The lowest BCUT2D eigenvalue weighted by molar-refractivity contribution is 1.13. The van der Waals surface area contributed by atoms with Crippen molar-refractivity contribution in [3.8, 4) is 0 Å². The Morgan fingerprint density at radius 2 is 1.83 bits per heavy atom. The standard InChI is InChI=1S/C11H15N/c1-4-7-10-8-5-6-9-11(10)12(2)3/h4-9H,1-3H3/b7-4+. The van der Waals surface area contributed by atoms with Crippen molar-refractivity contribution in [1.29, 1.82) is 0 Å². The Balaban J connectivity index is 3.08. The molecule has 0 heterocycles. The number of para-hydroxylation sites is 1. The number of hydrogen-bond donors (Lipinski definition) is 0. The molecule has 1 nitrogen and oxygen atoms in total. The van der Waals surface area contributed by atoms with Gasteiger partial charge in [-0.2, -0.15) is 0 Å². The molecule has 0 radical (unpaired) electrons. The Kier molecular flexibility index (Phi) is 2.92. The molecule has 0 aromatic heterocycles. The molecule has 1 aromatic rings. The van der Waals surface area contributed by atoms with Crippen molar-refractivity contribution >= 4 is 11.8 Å². The molecule has 0 atom stereocenters. The first kappa shape index (κ1) is 8.85. The quantitative estimate of drug-likeness (QED) is 0.644. The number of anilines is 1. The summed E-state index contributed by atoms with van der Waals surface area (Å²) in [6, 6.07) is 8.36. The van der Waals surface area contributed by atoms with Crippen LogP contribution in [-0.2, 0) is 0 Å². The number of nitrogens with zero attached hydrogens (tertiary/aromatic N) is 1. The maximum absolute atomic E-state index is 2.12. The van der Waals surface area contributed by atoms with Gasteiger partial charge in [0.25, 0.3) is 0 Å². The number of rotatable bonds is 2. The lowest BCUT2D eigenvalue weighted by Crippen LogP contribution is -2.09. The van der Waals surface area contributed by atoms with Gasteiger partial charge in [-0.1, -0.05) is 30.4 Å². The second kappa shape index (κ2) is 3.96. The van der Waals surface area contributed by atoms with Crippen molar-refractivity contribution in [2.24, 2.45) is 0 Å². The van der Waals surface area contributed by atoms with E-state index in [1.807, 2.05) is 6.92 Å². The summed E-state index contributed by atoms with van der Waals surface area (Å²) in [5.74, 6) is 0. The van der Waals surface area contributed by atoms with Crippen LogP contribution in [0.25, 0.3) is 6.08 Å². The maximum atomic E-state index is 2.12. The molecule has 0 N–H and O–H groups in total. The molecule has 0 spiro atoms. The zero-order chi connectivity index (χ0) is 8.97. The molecule has 1 aromatic carbocycles. The van der Waals surface area contributed by atoms with Crippen molar-refractivity contribution in [3.05, 3.63) is 35.9 Å². The molecule has 0 aliphatic rings. The third-order valence-corrected chi connectivity index (χ3v) is 1.76. The summed E-state index contributed by atoms with van der Waals surface area (Å²) in [7, 11) is 4.12. The fourth-order valence-electron chi connectivity index (χ4n) is 1.22. The molecule has 0 aliphatic carbocycles. The molecule has 0 unspecified atom stereocenters. The molecule has 0 aliphatic heterocycles. The van der Waals surface area contributed by atoms with Gasteiger partial charge in [-0.05, 0) is 18.6 Å². The summed E-state index contributed by atoms with van der Waals surface area (Å²) in [5.41, 5.74) is 2.53. The summed E-state index contributed by atoms with van der Waals surface area (Å²) < 4.78 is 0. The van der Waals surface area contributed by atoms with Crippen molar-refractivity contribution in [2.75, 3.05) is 19.0 Å². The van der Waals surface area contributed by atoms with Gasteiger partial charge in [-0.25, -0.2) is 0 Å². The van der Waals surface area contributed by atoms with Gasteiger partial charge in [-0.3, -0.25) is 0 Å². The average molecular weight is 161 g/mol. The van der Waals surface area contributed by atoms with E-state index < -0.39 is 0 Å². The Bertz CT molecular complexity index is 274. The predicted octanol–water partition coefficient (Wildman–Crippen LogP) is 2.79. The van der Waals surface area contributed by atoms with Gasteiger partial charge in [0, 0.05) is 19.8 Å². The molecule has 0 amide bonds. The number of allylic oxidation sites excluding steroid dienone is 1. The van der Waals surface area contributed by atoms with Crippen LogP contribution in [0.2, 0.25) is 0 Å². The molecule has 0 saturated carbocycles. The smallest absolute Gasteiger partial charge is 0.0434 e. The largest absolute Gasteiger partial charge is 0.377 e. The first-order chi connectivity index (χ1) is 5.75. The van der Waals surface area contributed by atoms with Gasteiger partial charge >= 0.3 is 0 Å². The summed E-state index contributed by atoms with van der Waals surface area (Å²) >= 11 is 0. The van der Waals surface area contributed by atoms with Crippen molar-refractivity contribution in [1.82, 2.24) is 0 Å². The summed E-state index contributed by atoms with van der Waals surface area (Å²) in [4.78, 5) is 2.12. The van der Waals surface area contributed by atoms with Crippen LogP contribution in [0.15, 0.2) is 30.3 Å². The number of hydrogen-bond acceptors (Lipinski definition) is 1. The molecule has 1 heteroatoms. The lowest BCUT2D eigenvalue weighted by Gasteiger charge is -2.14. The van der Waals surface area contributed by atoms with E-state index in [-0.39, 0.29) is 0 Å². The van der Waals surface area contributed by atoms with Crippen LogP contribution >= 0.6 is 0 Å². The van der Waals surface area contributed by atoms with Crippen LogP contribution in [0.5, 0.6) is 0 Å². The third kappa shape index (κ3) is 1.88. The first-order valence-electron chi connectivity index (χ1n) is 4.14. The van der Waals surface area contributed by atoms with Gasteiger partial charge in [-0.15, -0.1) is 0 Å². The summed E-state index contributed by atoms with van der Waals surface area (Å²) in [6.07, 6.45) is 4.18. The van der Waals surface area contributed by atoms with E-state index in [4.69, 9.17) is 0 Å². The van der Waals surface area contributed by atoms with Gasteiger partial charge in [0.2, 0.25) is 0 Å². The summed E-state index contributed by atoms with van der Waals surface area (Å²) in [5, 5.41) is 0. The van der Waals surface area contributed by atoms with E-state index in [0.717, 1.165) is 0 Å². The molecule has 1 rings (SSSR count). The molecule has 64 valence electrons. The molecule has 0 saturated heterocycles. The minimum absolute atomic E-state index is 1.26.